The molecular formula is C21H24N8. The first kappa shape index (κ1) is 17.5. The molecule has 0 spiro atoms. The number of hydrogen-bond donors (Lipinski definition) is 2. The lowest BCUT2D eigenvalue weighted by molar-refractivity contribution is 0.540. The van der Waals surface area contributed by atoms with Gasteiger partial charge in [-0.15, -0.1) is 0 Å². The molecule has 2 N–H and O–H groups in total. The number of para-hydroxylation sites is 1. The largest absolute Gasteiger partial charge is 0.368 e. The van der Waals surface area contributed by atoms with Crippen molar-refractivity contribution in [1.29, 1.82) is 0 Å². The molecule has 1 saturated heterocycles. The Morgan fingerprint density at radius 3 is 2.69 bits per heavy atom. The van der Waals surface area contributed by atoms with E-state index in [1.54, 1.807) is 0 Å². The first-order chi connectivity index (χ1) is 14.2. The summed E-state index contributed by atoms with van der Waals surface area (Å²) in [5.74, 6) is 2.19. The van der Waals surface area contributed by atoms with Crippen LogP contribution in [0, 0.1) is 6.92 Å². The summed E-state index contributed by atoms with van der Waals surface area (Å²) < 4.78 is 1.94. The lowest BCUT2D eigenvalue weighted by atomic mass is 10.1. The molecule has 8 heteroatoms. The predicted molar refractivity (Wildman–Crippen MR) is 115 cm³/mol. The van der Waals surface area contributed by atoms with Gasteiger partial charge < -0.3 is 15.1 Å². The highest BCUT2D eigenvalue weighted by Crippen LogP contribution is 2.24. The molecule has 1 fully saturated rings. The van der Waals surface area contributed by atoms with Crippen molar-refractivity contribution < 1.29 is 0 Å². The molecule has 0 bridgehead atoms. The van der Waals surface area contributed by atoms with E-state index < -0.39 is 0 Å². The van der Waals surface area contributed by atoms with Gasteiger partial charge in [-0.25, -0.2) is 0 Å². The number of nitrogens with one attached hydrogen (secondary N) is 2. The zero-order chi connectivity index (χ0) is 19.8. The van der Waals surface area contributed by atoms with E-state index in [2.05, 4.69) is 62.6 Å². The van der Waals surface area contributed by atoms with E-state index >= 15 is 0 Å². The number of piperazine rings is 1. The fourth-order valence-corrected chi connectivity index (χ4v) is 3.86. The van der Waals surface area contributed by atoms with Gasteiger partial charge >= 0.3 is 0 Å². The van der Waals surface area contributed by atoms with Crippen molar-refractivity contribution in [2.75, 3.05) is 34.8 Å². The Morgan fingerprint density at radius 2 is 1.93 bits per heavy atom. The summed E-state index contributed by atoms with van der Waals surface area (Å²) in [6.07, 6.45) is 1.96. The average Bonchev–Trinajstić information content (AvgIpc) is 3.37. The number of nitrogens with zero attached hydrogens (tertiary/aromatic N) is 6. The molecule has 3 aromatic heterocycles. The van der Waals surface area contributed by atoms with Crippen molar-refractivity contribution >= 4 is 29.0 Å². The third-order valence-corrected chi connectivity index (χ3v) is 5.33. The van der Waals surface area contributed by atoms with Crippen LogP contribution in [0.2, 0.25) is 0 Å². The van der Waals surface area contributed by atoms with Crippen molar-refractivity contribution in [3.05, 3.63) is 60.4 Å². The number of hydrogen-bond acceptors (Lipinski definition) is 6. The van der Waals surface area contributed by atoms with Crippen LogP contribution in [0.4, 0.5) is 23.4 Å². The van der Waals surface area contributed by atoms with Gasteiger partial charge in [0.1, 0.15) is 5.65 Å². The minimum absolute atomic E-state index is 0.293. The smallest absolute Gasteiger partial charge is 0.230 e. The highest BCUT2D eigenvalue weighted by molar-refractivity contribution is 5.58. The van der Waals surface area contributed by atoms with Gasteiger partial charge in [0.15, 0.2) is 5.82 Å². The number of aryl methyl sites for hydroxylation is 1. The predicted octanol–water partition coefficient (Wildman–Crippen LogP) is 3.22. The summed E-state index contributed by atoms with van der Waals surface area (Å²) in [4.78, 5) is 14.4. The Hall–Kier alpha value is -3.55. The maximum Gasteiger partial charge on any atom is 0.230 e. The molecule has 8 nitrogen and oxygen atoms in total. The Morgan fingerprint density at radius 1 is 1.07 bits per heavy atom. The zero-order valence-corrected chi connectivity index (χ0v) is 16.6. The number of rotatable bonds is 4. The first-order valence-electron chi connectivity index (χ1n) is 9.88. The van der Waals surface area contributed by atoms with Crippen LogP contribution in [-0.4, -0.2) is 50.2 Å². The molecule has 1 unspecified atom stereocenters. The van der Waals surface area contributed by atoms with E-state index in [1.165, 1.54) is 5.69 Å². The third-order valence-electron chi connectivity index (χ3n) is 5.33. The Kier molecular flexibility index (Phi) is 4.31. The van der Waals surface area contributed by atoms with Crippen LogP contribution in [0.1, 0.15) is 12.6 Å². The Balaban J connectivity index is 1.43. The van der Waals surface area contributed by atoms with Crippen LogP contribution in [0.3, 0.4) is 0 Å². The molecular weight excluding hydrogens is 364 g/mol. The molecule has 148 valence electrons. The van der Waals surface area contributed by atoms with Crippen molar-refractivity contribution in [2.45, 2.75) is 19.9 Å². The van der Waals surface area contributed by atoms with Gasteiger partial charge in [-0.1, -0.05) is 18.2 Å². The summed E-state index contributed by atoms with van der Waals surface area (Å²) >= 11 is 0. The quantitative estimate of drug-likeness (QED) is 0.559. The van der Waals surface area contributed by atoms with E-state index in [9.17, 15) is 0 Å². The average molecular weight is 388 g/mol. The Bertz CT molecular complexity index is 1120. The minimum atomic E-state index is 0.293. The number of H-pyrrole nitrogens is 1. The molecule has 4 heterocycles. The van der Waals surface area contributed by atoms with Gasteiger partial charge in [-0.3, -0.25) is 9.50 Å². The maximum atomic E-state index is 4.84. The second-order valence-corrected chi connectivity index (χ2v) is 7.47. The summed E-state index contributed by atoms with van der Waals surface area (Å²) in [5, 5.41) is 10.5. The number of fused-ring (bicyclic) bond motifs is 1. The SMILES string of the molecule is Cc1cc(Nc2nc(N3CCN(c4ccccc4)CC3C)nc3cccn23)n[nH]1. The lowest BCUT2D eigenvalue weighted by Crippen LogP contribution is -2.52. The molecule has 29 heavy (non-hydrogen) atoms. The monoisotopic (exact) mass is 388 g/mol. The normalized spacial score (nSPS) is 17.1. The van der Waals surface area contributed by atoms with E-state index in [-0.39, 0.29) is 0 Å². The zero-order valence-electron chi connectivity index (χ0n) is 16.6. The molecule has 4 aromatic rings. The van der Waals surface area contributed by atoms with Crippen LogP contribution in [-0.2, 0) is 0 Å². The van der Waals surface area contributed by atoms with E-state index in [0.717, 1.165) is 42.7 Å². The number of aromatic amines is 1. The van der Waals surface area contributed by atoms with E-state index in [1.807, 2.05) is 35.7 Å². The number of benzene rings is 1. The van der Waals surface area contributed by atoms with Crippen LogP contribution in [0.15, 0.2) is 54.7 Å². The molecule has 1 aromatic carbocycles. The lowest BCUT2D eigenvalue weighted by Gasteiger charge is -2.41. The minimum Gasteiger partial charge on any atom is -0.368 e. The molecule has 0 radical (unpaired) electrons. The maximum absolute atomic E-state index is 4.84. The van der Waals surface area contributed by atoms with Crippen LogP contribution in [0.5, 0.6) is 0 Å². The van der Waals surface area contributed by atoms with Crippen molar-refractivity contribution in [1.82, 2.24) is 24.6 Å². The third kappa shape index (κ3) is 3.37. The second-order valence-electron chi connectivity index (χ2n) is 7.47. The molecule has 0 saturated carbocycles. The van der Waals surface area contributed by atoms with Crippen molar-refractivity contribution in [3.63, 3.8) is 0 Å². The van der Waals surface area contributed by atoms with Crippen molar-refractivity contribution in [2.24, 2.45) is 0 Å². The molecule has 1 atom stereocenters. The van der Waals surface area contributed by atoms with Gasteiger partial charge in [0, 0.05) is 49.3 Å². The van der Waals surface area contributed by atoms with E-state index in [4.69, 9.17) is 9.97 Å². The van der Waals surface area contributed by atoms with Crippen LogP contribution < -0.4 is 15.1 Å². The summed E-state index contributed by atoms with van der Waals surface area (Å²) in [6, 6.07) is 16.8. The molecule has 0 aliphatic carbocycles. The van der Waals surface area contributed by atoms with E-state index in [0.29, 0.717) is 12.0 Å². The van der Waals surface area contributed by atoms with Gasteiger partial charge in [0.05, 0.1) is 0 Å². The van der Waals surface area contributed by atoms with Gasteiger partial charge in [-0.2, -0.15) is 15.1 Å². The molecule has 0 amide bonds. The van der Waals surface area contributed by atoms with Gasteiger partial charge in [0.2, 0.25) is 11.9 Å². The topological polar surface area (TPSA) is 77.4 Å². The highest BCUT2D eigenvalue weighted by Gasteiger charge is 2.26. The molecule has 1 aliphatic heterocycles. The standard InChI is InChI=1S/C21H24N8/c1-15-13-18(26-25-15)22-20-24-21(23-19-9-6-10-29(19)20)28-12-11-27(14-16(28)2)17-7-4-3-5-8-17/h3-10,13,16H,11-12,14H2,1-2H3,(H2,22,23,24,25,26). The fourth-order valence-electron chi connectivity index (χ4n) is 3.86. The van der Waals surface area contributed by atoms with Crippen LogP contribution >= 0.6 is 0 Å². The fraction of sp³-hybridized carbons (Fsp3) is 0.286. The van der Waals surface area contributed by atoms with Gasteiger partial charge in [-0.05, 0) is 38.1 Å². The van der Waals surface area contributed by atoms with Gasteiger partial charge in [0.25, 0.3) is 0 Å². The Labute approximate surface area is 169 Å². The first-order valence-corrected chi connectivity index (χ1v) is 9.88. The summed E-state index contributed by atoms with van der Waals surface area (Å²) in [5.41, 5.74) is 3.12. The summed E-state index contributed by atoms with van der Waals surface area (Å²) in [6.45, 7) is 6.94. The number of anilines is 4. The summed E-state index contributed by atoms with van der Waals surface area (Å²) in [7, 11) is 0. The van der Waals surface area contributed by atoms with Crippen LogP contribution in [0.25, 0.3) is 5.65 Å². The second kappa shape index (κ2) is 7.12. The highest BCUT2D eigenvalue weighted by atomic mass is 15.4. The van der Waals surface area contributed by atoms with Crippen molar-refractivity contribution in [3.8, 4) is 0 Å². The molecule has 1 aliphatic rings. The molecule has 5 rings (SSSR count). The number of aromatic nitrogens is 5.